The van der Waals surface area contributed by atoms with E-state index in [2.05, 4.69) is 72.1 Å². The maximum Gasteiger partial charge on any atom is 0.338 e. The molecule has 0 unspecified atom stereocenters. The second-order valence-corrected chi connectivity index (χ2v) is 36.7. The number of carbonyl (C=O) groups is 4. The molecule has 46 heavy (non-hydrogen) atoms. The molecule has 0 aromatic carbocycles. The van der Waals surface area contributed by atoms with Crippen molar-refractivity contribution in [3.05, 3.63) is 0 Å². The van der Waals surface area contributed by atoms with E-state index in [9.17, 15) is 29.4 Å². The van der Waals surface area contributed by atoms with Crippen molar-refractivity contribution in [1.29, 1.82) is 0 Å². The maximum absolute atomic E-state index is 11.6. The van der Waals surface area contributed by atoms with Crippen molar-refractivity contribution in [2.45, 2.75) is 121 Å². The number of methoxy groups -OCH3 is 4. The molecule has 0 aliphatic rings. The zero-order valence-electron chi connectivity index (χ0n) is 28.9. The molecule has 0 fully saturated rings. The normalized spacial score (nSPS) is 13.3. The summed E-state index contributed by atoms with van der Waals surface area (Å²) in [5.41, 5.74) is 0. The third-order valence-corrected chi connectivity index (χ3v) is 27.1. The minimum absolute atomic E-state index is 0.421. The molecule has 2 N–H and O–H groups in total. The Morgan fingerprint density at radius 3 is 0.957 bits per heavy atom. The third-order valence-electron chi connectivity index (χ3n) is 6.21. The first-order valence-corrected chi connectivity index (χ1v) is 36.6. The van der Waals surface area contributed by atoms with Crippen LogP contribution in [0.4, 0.5) is 0 Å². The van der Waals surface area contributed by atoms with Crippen LogP contribution in [-0.4, -0.2) is 135 Å². The van der Waals surface area contributed by atoms with Crippen LogP contribution in [-0.2, 0) is 47.6 Å². The Morgan fingerprint density at radius 1 is 0.522 bits per heavy atom. The summed E-state index contributed by atoms with van der Waals surface area (Å²) in [6.45, 7) is 8.28. The summed E-state index contributed by atoms with van der Waals surface area (Å²) in [6, 6.07) is 0. The minimum atomic E-state index is -1.95. The second-order valence-electron chi connectivity index (χ2n) is 10.0. The van der Waals surface area contributed by atoms with Crippen molar-refractivity contribution >= 4 is 84.4 Å². The molecule has 12 nitrogen and oxygen atoms in total. The quantitative estimate of drug-likeness (QED) is 0.0603. The molecule has 0 aromatic heterocycles. The Kier molecular flexibility index (Phi) is 38.7. The molecule has 0 aromatic rings. The van der Waals surface area contributed by atoms with Crippen LogP contribution in [0, 0.1) is 0 Å². The standard InChI is InChI=1S/C14H22O12.4C4H9.2BrH.2Sn/c1-21-11(17)7(15)9(13(19)23-3)25-5-6-26-10(14(20)24-4)8(16)12(18)22-2;4*1-3-4-2;;;;/h7-10,15-16H,5-6H2,1-4H3;4*1,3-4H2,2H3;2*1H;;/q;;;;;;;2*+1/p-2/t7-,8-,9-,10-;;;;;;;;/m1......../s1. The van der Waals surface area contributed by atoms with Gasteiger partial charge in [-0.2, -0.15) is 0 Å². The van der Waals surface area contributed by atoms with Crippen LogP contribution in [0.1, 0.15) is 79.1 Å². The summed E-state index contributed by atoms with van der Waals surface area (Å²) in [5, 5.41) is 19.4. The van der Waals surface area contributed by atoms with Crippen molar-refractivity contribution in [2.24, 2.45) is 0 Å². The van der Waals surface area contributed by atoms with E-state index in [0.29, 0.717) is 0 Å². The Labute approximate surface area is 302 Å². The van der Waals surface area contributed by atoms with Crippen LogP contribution in [0.3, 0.4) is 0 Å². The van der Waals surface area contributed by atoms with Crippen LogP contribution < -0.4 is 0 Å². The van der Waals surface area contributed by atoms with Gasteiger partial charge in [-0.05, 0) is 0 Å². The van der Waals surface area contributed by atoms with E-state index < -0.39 is 96.6 Å². The van der Waals surface area contributed by atoms with Crippen molar-refractivity contribution in [3.63, 3.8) is 0 Å². The van der Waals surface area contributed by atoms with Gasteiger partial charge in [0.05, 0.1) is 41.7 Å². The predicted molar refractivity (Wildman–Crippen MR) is 188 cm³/mol. The SMILES string of the molecule is CCC[CH2][Sn]([Br])[CH2]CCC.CCC[CH2][Sn]([Br])[CH2]CCC.COC(=O)[C@H](O)[C@@H](OCCO[C@@H](C(=O)OC)[C@@H](O)C(=O)OC)C(=O)OC. The number of halogens is 2. The first-order valence-electron chi connectivity index (χ1n) is 15.8. The summed E-state index contributed by atoms with van der Waals surface area (Å²) < 4.78 is 33.6. The van der Waals surface area contributed by atoms with E-state index in [-0.39, 0.29) is 0 Å². The van der Waals surface area contributed by atoms with Crippen LogP contribution in [0.25, 0.3) is 0 Å². The molecule has 2 radical (unpaired) electrons. The van der Waals surface area contributed by atoms with Crippen LogP contribution in [0.2, 0.25) is 17.7 Å². The number of rotatable bonds is 23. The van der Waals surface area contributed by atoms with E-state index in [1.165, 1.54) is 51.4 Å². The number of unbranched alkanes of at least 4 members (excludes halogenated alkanes) is 4. The zero-order valence-corrected chi connectivity index (χ0v) is 37.8. The van der Waals surface area contributed by atoms with Crippen LogP contribution >= 0.6 is 25.4 Å². The third kappa shape index (κ3) is 27.1. The fraction of sp³-hybridized carbons (Fsp3) is 0.867. The minimum Gasteiger partial charge on any atom is -0.467 e. The summed E-state index contributed by atoms with van der Waals surface area (Å²) in [6.07, 6.45) is 4.03. The van der Waals surface area contributed by atoms with Gasteiger partial charge in [0, 0.05) is 0 Å². The fourth-order valence-corrected chi connectivity index (χ4v) is 20.7. The zero-order chi connectivity index (χ0) is 35.9. The van der Waals surface area contributed by atoms with E-state index in [4.69, 9.17) is 9.47 Å². The van der Waals surface area contributed by atoms with Gasteiger partial charge < -0.3 is 38.6 Å². The van der Waals surface area contributed by atoms with Crippen molar-refractivity contribution in [3.8, 4) is 0 Å². The molecule has 16 heteroatoms. The maximum atomic E-state index is 11.6. The molecular weight excluding hydrogens is 950 g/mol. The molecule has 0 rings (SSSR count). The smallest absolute Gasteiger partial charge is 0.338 e. The average molecular weight is 1010 g/mol. The molecule has 0 bridgehead atoms. The Bertz CT molecular complexity index is 704. The number of aliphatic hydroxyl groups is 2. The summed E-state index contributed by atoms with van der Waals surface area (Å²) >= 11 is 5.90. The summed E-state index contributed by atoms with van der Waals surface area (Å²) in [5.74, 6) is -4.37. The number of carbonyl (C=O) groups excluding carboxylic acids is 4. The molecule has 0 aliphatic carbocycles. The van der Waals surface area contributed by atoms with Crippen LogP contribution in [0.5, 0.6) is 0 Å². The van der Waals surface area contributed by atoms with Gasteiger partial charge in [0.1, 0.15) is 0 Å². The predicted octanol–water partition coefficient (Wildman–Crippen LogP) is 5.12. The molecule has 0 aliphatic heterocycles. The largest absolute Gasteiger partial charge is 0.467 e. The Hall–Kier alpha value is 0.277. The Morgan fingerprint density at radius 2 is 0.761 bits per heavy atom. The molecule has 0 saturated heterocycles. The van der Waals surface area contributed by atoms with Gasteiger partial charge in [-0.15, -0.1) is 0 Å². The van der Waals surface area contributed by atoms with Gasteiger partial charge in [0.25, 0.3) is 0 Å². The number of hydrogen-bond acceptors (Lipinski definition) is 12. The fourth-order valence-electron chi connectivity index (χ4n) is 3.37. The van der Waals surface area contributed by atoms with Gasteiger partial charge >= 0.3 is 181 Å². The summed E-state index contributed by atoms with van der Waals surface area (Å²) in [4.78, 5) is 45.7. The van der Waals surface area contributed by atoms with E-state index >= 15 is 0 Å². The van der Waals surface area contributed by atoms with E-state index in [0.717, 1.165) is 28.4 Å². The monoisotopic (exact) mass is 1010 g/mol. The molecule has 0 saturated carbocycles. The molecule has 0 amide bonds. The molecule has 4 atom stereocenters. The van der Waals surface area contributed by atoms with E-state index in [1.807, 2.05) is 0 Å². The van der Waals surface area contributed by atoms with Gasteiger partial charge in [-0.1, -0.05) is 0 Å². The van der Waals surface area contributed by atoms with Crippen molar-refractivity contribution in [2.75, 3.05) is 41.7 Å². The van der Waals surface area contributed by atoms with Gasteiger partial charge in [-0.25, -0.2) is 19.2 Å². The van der Waals surface area contributed by atoms with E-state index in [1.54, 1.807) is 17.7 Å². The Balaban J connectivity index is -0.000000752. The van der Waals surface area contributed by atoms with Gasteiger partial charge in [-0.3, -0.25) is 0 Å². The number of ether oxygens (including phenoxy) is 6. The first-order chi connectivity index (χ1) is 21.9. The molecule has 272 valence electrons. The second kappa shape index (κ2) is 35.1. The molecule has 0 spiro atoms. The van der Waals surface area contributed by atoms with Crippen molar-refractivity contribution < 1.29 is 57.8 Å². The van der Waals surface area contributed by atoms with Gasteiger partial charge in [0.15, 0.2) is 24.4 Å². The average Bonchev–Trinajstić information content (AvgIpc) is 3.07. The number of esters is 4. The first kappa shape index (κ1) is 50.7. The van der Waals surface area contributed by atoms with Gasteiger partial charge in [0.2, 0.25) is 0 Å². The van der Waals surface area contributed by atoms with Crippen molar-refractivity contribution in [1.82, 2.24) is 0 Å². The van der Waals surface area contributed by atoms with Crippen LogP contribution in [0.15, 0.2) is 0 Å². The molecular formula is C30H58Br2O12Sn2. The number of aliphatic hydroxyl groups excluding tert-OH is 2. The molecule has 0 heterocycles. The number of hydrogen-bond donors (Lipinski definition) is 2. The topological polar surface area (TPSA) is 164 Å². The summed E-state index contributed by atoms with van der Waals surface area (Å²) in [7, 11) is 4.02.